The van der Waals surface area contributed by atoms with Crippen LogP contribution in [0.4, 0.5) is 0 Å². The summed E-state index contributed by atoms with van der Waals surface area (Å²) in [5.74, 6) is 1.22. The topological polar surface area (TPSA) is 17.1 Å². The molecule has 0 saturated heterocycles. The van der Waals surface area contributed by atoms with Gasteiger partial charge in [0.15, 0.2) is 6.29 Å². The van der Waals surface area contributed by atoms with Crippen LogP contribution in [0.5, 0.6) is 0 Å². The Bertz CT molecular complexity index is 63.9. The predicted molar refractivity (Wildman–Crippen MR) is 42.5 cm³/mol. The van der Waals surface area contributed by atoms with Gasteiger partial charge in [-0.25, -0.2) is 0 Å². The van der Waals surface area contributed by atoms with E-state index in [0.29, 0.717) is 6.42 Å². The first-order valence-corrected chi connectivity index (χ1v) is 4.65. The third-order valence-corrected chi connectivity index (χ3v) is 1.82. The molecule has 0 aliphatic rings. The Morgan fingerprint density at radius 1 is 1.33 bits per heavy atom. The van der Waals surface area contributed by atoms with Crippen molar-refractivity contribution in [3.8, 4) is 0 Å². The van der Waals surface area contributed by atoms with Crippen molar-refractivity contribution in [2.45, 2.75) is 25.7 Å². The summed E-state index contributed by atoms with van der Waals surface area (Å²) in [7, 11) is 0. The Morgan fingerprint density at radius 2 is 2.11 bits per heavy atom. The van der Waals surface area contributed by atoms with Crippen molar-refractivity contribution in [3.63, 3.8) is 0 Å². The summed E-state index contributed by atoms with van der Waals surface area (Å²) in [6, 6.07) is 0. The average Bonchev–Trinajstić information content (AvgIpc) is 1.89. The highest BCUT2D eigenvalue weighted by atomic mass is 32.2. The molecule has 9 heavy (non-hydrogen) atoms. The van der Waals surface area contributed by atoms with Crippen LogP contribution in [-0.2, 0) is 4.79 Å². The van der Waals surface area contributed by atoms with Gasteiger partial charge < -0.3 is 0 Å². The van der Waals surface area contributed by atoms with E-state index in [0.717, 1.165) is 6.42 Å². The Labute approximate surface area is 61.2 Å². The van der Waals surface area contributed by atoms with Gasteiger partial charge in [0.25, 0.3) is 0 Å². The summed E-state index contributed by atoms with van der Waals surface area (Å²) in [5, 5.41) is 0. The van der Waals surface area contributed by atoms with Gasteiger partial charge in [-0.2, -0.15) is 11.8 Å². The van der Waals surface area contributed by atoms with Crippen LogP contribution in [0.2, 0.25) is 0 Å². The second kappa shape index (κ2) is 8.02. The minimum atomic E-state index is 0.619. The van der Waals surface area contributed by atoms with Crippen molar-refractivity contribution in [3.05, 3.63) is 0 Å². The molecule has 0 saturated carbocycles. The zero-order valence-corrected chi connectivity index (χ0v) is 6.67. The molecule has 0 N–H and O–H groups in total. The molecule has 0 amide bonds. The highest BCUT2D eigenvalue weighted by Gasteiger charge is 1.86. The van der Waals surface area contributed by atoms with E-state index in [1.165, 1.54) is 18.6 Å². The molecule has 0 heterocycles. The highest BCUT2D eigenvalue weighted by molar-refractivity contribution is 7.98. The van der Waals surface area contributed by atoms with Gasteiger partial charge in [-0.05, 0) is 24.9 Å². The number of rotatable bonds is 6. The fraction of sp³-hybridized carbons (Fsp3) is 0.857. The molecule has 2 heteroatoms. The molecule has 0 rings (SSSR count). The molecule has 0 spiro atoms. The minimum absolute atomic E-state index is 0.619. The Hall–Kier alpha value is 0.0200. The number of hydrogen-bond acceptors (Lipinski definition) is 2. The fourth-order valence-electron chi connectivity index (χ4n) is 0.620. The molecule has 0 bridgehead atoms. The molecule has 0 aromatic rings. The standard InChI is InChI=1S/C7H13OS/c1-9-7-5-3-2-4-6-8/h2-5,7H2,1H3. The van der Waals surface area contributed by atoms with Crippen LogP contribution in [0.1, 0.15) is 25.7 Å². The minimum Gasteiger partial charge on any atom is -0.291 e. The molecule has 0 aromatic carbocycles. The number of thioether (sulfide) groups is 1. The lowest BCUT2D eigenvalue weighted by Crippen LogP contribution is -1.80. The molecule has 0 unspecified atom stereocenters. The maximum atomic E-state index is 9.71. The van der Waals surface area contributed by atoms with E-state index < -0.39 is 0 Å². The fourth-order valence-corrected chi connectivity index (χ4v) is 1.11. The van der Waals surface area contributed by atoms with Crippen molar-refractivity contribution in [1.29, 1.82) is 0 Å². The smallest absolute Gasteiger partial charge is 0.198 e. The molecule has 1 nitrogen and oxygen atoms in total. The monoisotopic (exact) mass is 145 g/mol. The third kappa shape index (κ3) is 8.02. The first kappa shape index (κ1) is 9.02. The molecule has 53 valence electrons. The van der Waals surface area contributed by atoms with Crippen LogP contribution in [0, 0.1) is 0 Å². The lowest BCUT2D eigenvalue weighted by molar-refractivity contribution is 0.546. The van der Waals surface area contributed by atoms with E-state index in [2.05, 4.69) is 6.26 Å². The normalized spacial score (nSPS) is 9.44. The molecule has 0 atom stereocenters. The van der Waals surface area contributed by atoms with E-state index in [1.807, 2.05) is 18.0 Å². The molecule has 0 aliphatic heterocycles. The quantitative estimate of drug-likeness (QED) is 0.532. The van der Waals surface area contributed by atoms with Crippen molar-refractivity contribution in [2.75, 3.05) is 12.0 Å². The first-order valence-electron chi connectivity index (χ1n) is 3.25. The van der Waals surface area contributed by atoms with Gasteiger partial charge in [-0.1, -0.05) is 6.42 Å². The van der Waals surface area contributed by atoms with Gasteiger partial charge in [-0.15, -0.1) is 0 Å². The van der Waals surface area contributed by atoms with Crippen LogP contribution in [-0.4, -0.2) is 18.3 Å². The molecule has 0 aliphatic carbocycles. The second-order valence-corrected chi connectivity index (χ2v) is 2.93. The van der Waals surface area contributed by atoms with Crippen LogP contribution in [0.3, 0.4) is 0 Å². The molecular formula is C7H13OS. The van der Waals surface area contributed by atoms with Crippen molar-refractivity contribution in [1.82, 2.24) is 0 Å². The highest BCUT2D eigenvalue weighted by Crippen LogP contribution is 2.02. The first-order chi connectivity index (χ1) is 4.41. The maximum absolute atomic E-state index is 9.71. The summed E-state index contributed by atoms with van der Waals surface area (Å²) in [6.45, 7) is 0. The van der Waals surface area contributed by atoms with E-state index in [4.69, 9.17) is 0 Å². The van der Waals surface area contributed by atoms with Crippen molar-refractivity contribution < 1.29 is 4.79 Å². The van der Waals surface area contributed by atoms with E-state index in [9.17, 15) is 4.79 Å². The number of hydrogen-bond donors (Lipinski definition) is 0. The maximum Gasteiger partial charge on any atom is 0.198 e. The van der Waals surface area contributed by atoms with Crippen LogP contribution < -0.4 is 0 Å². The van der Waals surface area contributed by atoms with Crippen molar-refractivity contribution in [2.24, 2.45) is 0 Å². The van der Waals surface area contributed by atoms with Gasteiger partial charge in [0.2, 0.25) is 0 Å². The number of carbonyl (C=O) groups excluding carboxylic acids is 1. The zero-order valence-electron chi connectivity index (χ0n) is 5.85. The number of unbranched alkanes of at least 4 members (excludes halogenated alkanes) is 3. The van der Waals surface area contributed by atoms with Crippen LogP contribution in [0.25, 0.3) is 0 Å². The third-order valence-electron chi connectivity index (χ3n) is 1.13. The summed E-state index contributed by atoms with van der Waals surface area (Å²) >= 11 is 1.86. The van der Waals surface area contributed by atoms with Gasteiger partial charge in [-0.3, -0.25) is 4.79 Å². The van der Waals surface area contributed by atoms with E-state index in [1.54, 1.807) is 0 Å². The summed E-state index contributed by atoms with van der Waals surface area (Å²) in [4.78, 5) is 9.71. The largest absolute Gasteiger partial charge is 0.291 e. The summed E-state index contributed by atoms with van der Waals surface area (Å²) < 4.78 is 0. The molecule has 1 radical (unpaired) electrons. The van der Waals surface area contributed by atoms with E-state index in [-0.39, 0.29) is 0 Å². The Kier molecular flexibility index (Phi) is 8.04. The van der Waals surface area contributed by atoms with Crippen LogP contribution in [0.15, 0.2) is 0 Å². The molecular weight excluding hydrogens is 132 g/mol. The van der Waals surface area contributed by atoms with Crippen molar-refractivity contribution >= 4 is 18.0 Å². The Morgan fingerprint density at radius 3 is 2.67 bits per heavy atom. The van der Waals surface area contributed by atoms with Gasteiger partial charge in [0, 0.05) is 6.42 Å². The van der Waals surface area contributed by atoms with Gasteiger partial charge in [0.1, 0.15) is 0 Å². The predicted octanol–water partition coefficient (Wildman–Crippen LogP) is 2.02. The SMILES string of the molecule is CSCCCCC[C]=O. The Balaban J connectivity index is 2.66. The lowest BCUT2D eigenvalue weighted by Gasteiger charge is -1.93. The van der Waals surface area contributed by atoms with Crippen LogP contribution >= 0.6 is 11.8 Å². The average molecular weight is 145 g/mol. The van der Waals surface area contributed by atoms with E-state index >= 15 is 0 Å². The lowest BCUT2D eigenvalue weighted by atomic mass is 10.2. The summed E-state index contributed by atoms with van der Waals surface area (Å²) in [6.07, 6.45) is 8.04. The molecule has 0 aromatic heterocycles. The second-order valence-electron chi connectivity index (χ2n) is 1.95. The van der Waals surface area contributed by atoms with Gasteiger partial charge >= 0.3 is 0 Å². The van der Waals surface area contributed by atoms with Gasteiger partial charge in [0.05, 0.1) is 0 Å². The molecule has 0 fully saturated rings. The zero-order chi connectivity index (χ0) is 6.95. The summed E-state index contributed by atoms with van der Waals surface area (Å²) in [5.41, 5.74) is 0.